The largest absolute Gasteiger partial charge is 0.379 e. The van der Waals surface area contributed by atoms with Gasteiger partial charge in [0, 0.05) is 26.2 Å². The molecule has 25 heavy (non-hydrogen) atoms. The highest BCUT2D eigenvalue weighted by Gasteiger charge is 2.23. The predicted molar refractivity (Wildman–Crippen MR) is 98.9 cm³/mol. The van der Waals surface area contributed by atoms with Crippen molar-refractivity contribution in [3.05, 3.63) is 28.2 Å². The third-order valence-electron chi connectivity index (χ3n) is 3.74. The fourth-order valence-electron chi connectivity index (χ4n) is 2.43. The highest BCUT2D eigenvalue weighted by atomic mass is 35.5. The summed E-state index contributed by atoms with van der Waals surface area (Å²) in [7, 11) is -3.70. The maximum absolute atomic E-state index is 12.2. The Morgan fingerprint density at radius 1 is 1.32 bits per heavy atom. The lowest BCUT2D eigenvalue weighted by Crippen LogP contribution is -2.44. The Balaban J connectivity index is 1.97. The minimum atomic E-state index is -3.70. The molecule has 1 fully saturated rings. The number of carbonyl (C=O) groups excluding carboxylic acids is 1. The van der Waals surface area contributed by atoms with Crippen molar-refractivity contribution in [3.8, 4) is 0 Å². The van der Waals surface area contributed by atoms with E-state index < -0.39 is 15.9 Å². The van der Waals surface area contributed by atoms with Crippen molar-refractivity contribution in [2.45, 2.75) is 0 Å². The van der Waals surface area contributed by atoms with Gasteiger partial charge in [-0.3, -0.25) is 14.0 Å². The molecule has 1 amide bonds. The number of sulfonamides is 1. The van der Waals surface area contributed by atoms with Gasteiger partial charge in [0.1, 0.15) is 6.54 Å². The molecule has 2 rings (SSSR count). The van der Waals surface area contributed by atoms with Gasteiger partial charge in [0.05, 0.1) is 35.2 Å². The number of hydrogen-bond acceptors (Lipinski definition) is 5. The highest BCUT2D eigenvalue weighted by molar-refractivity contribution is 7.92. The first-order chi connectivity index (χ1) is 11.8. The first-order valence-corrected chi connectivity index (χ1v) is 10.4. The van der Waals surface area contributed by atoms with Crippen LogP contribution in [0.25, 0.3) is 0 Å². The van der Waals surface area contributed by atoms with Gasteiger partial charge in [0.15, 0.2) is 0 Å². The standard InChI is InChI=1S/C15H21Cl2N3O4S/c1-25(22,23)20(13-4-2-3-12(16)15(13)17)11-14(21)18-5-6-19-7-9-24-10-8-19/h2-4H,5-11H2,1H3,(H,18,21). The number of benzene rings is 1. The average Bonchev–Trinajstić information content (AvgIpc) is 2.55. The van der Waals surface area contributed by atoms with Crippen molar-refractivity contribution in [1.82, 2.24) is 10.2 Å². The Labute approximate surface area is 157 Å². The van der Waals surface area contributed by atoms with E-state index in [-0.39, 0.29) is 22.3 Å². The van der Waals surface area contributed by atoms with E-state index >= 15 is 0 Å². The van der Waals surface area contributed by atoms with Gasteiger partial charge in [-0.15, -0.1) is 0 Å². The molecule has 140 valence electrons. The van der Waals surface area contributed by atoms with Crippen molar-refractivity contribution in [1.29, 1.82) is 0 Å². The van der Waals surface area contributed by atoms with Crippen molar-refractivity contribution in [3.63, 3.8) is 0 Å². The maximum atomic E-state index is 12.2. The maximum Gasteiger partial charge on any atom is 0.240 e. The molecule has 0 unspecified atom stereocenters. The van der Waals surface area contributed by atoms with Crippen LogP contribution in [0.5, 0.6) is 0 Å². The molecule has 0 radical (unpaired) electrons. The van der Waals surface area contributed by atoms with Gasteiger partial charge < -0.3 is 10.1 Å². The average molecular weight is 410 g/mol. The number of halogens is 2. The molecular weight excluding hydrogens is 389 g/mol. The van der Waals surface area contributed by atoms with Crippen LogP contribution in [0.3, 0.4) is 0 Å². The highest BCUT2D eigenvalue weighted by Crippen LogP contribution is 2.33. The second-order valence-electron chi connectivity index (χ2n) is 5.65. The van der Waals surface area contributed by atoms with E-state index in [9.17, 15) is 13.2 Å². The van der Waals surface area contributed by atoms with Gasteiger partial charge in [0.25, 0.3) is 0 Å². The number of morpholine rings is 1. The van der Waals surface area contributed by atoms with Gasteiger partial charge in [-0.1, -0.05) is 29.3 Å². The van der Waals surface area contributed by atoms with Crippen LogP contribution in [-0.2, 0) is 19.6 Å². The fraction of sp³-hybridized carbons (Fsp3) is 0.533. The van der Waals surface area contributed by atoms with Crippen LogP contribution in [0.1, 0.15) is 0 Å². The smallest absolute Gasteiger partial charge is 0.240 e. The lowest BCUT2D eigenvalue weighted by Gasteiger charge is -2.27. The molecule has 1 heterocycles. The van der Waals surface area contributed by atoms with Gasteiger partial charge in [-0.05, 0) is 12.1 Å². The van der Waals surface area contributed by atoms with Crippen molar-refractivity contribution < 1.29 is 17.9 Å². The van der Waals surface area contributed by atoms with Crippen LogP contribution in [0.2, 0.25) is 10.0 Å². The van der Waals surface area contributed by atoms with Crippen LogP contribution in [0.4, 0.5) is 5.69 Å². The third kappa shape index (κ3) is 6.00. The molecular formula is C15H21Cl2N3O4S. The van der Waals surface area contributed by atoms with Crippen LogP contribution in [-0.4, -0.2) is 71.4 Å². The summed E-state index contributed by atoms with van der Waals surface area (Å²) in [5.41, 5.74) is 0.181. The molecule has 0 saturated carbocycles. The first kappa shape index (κ1) is 20.3. The molecule has 1 saturated heterocycles. The van der Waals surface area contributed by atoms with Gasteiger partial charge in [-0.25, -0.2) is 8.42 Å². The Morgan fingerprint density at radius 2 is 2.00 bits per heavy atom. The van der Waals surface area contributed by atoms with Crippen molar-refractivity contribution in [2.75, 3.05) is 56.5 Å². The van der Waals surface area contributed by atoms with E-state index in [4.69, 9.17) is 27.9 Å². The quantitative estimate of drug-likeness (QED) is 0.731. The molecule has 7 nitrogen and oxygen atoms in total. The van der Waals surface area contributed by atoms with Gasteiger partial charge >= 0.3 is 0 Å². The summed E-state index contributed by atoms with van der Waals surface area (Å²) >= 11 is 12.0. The summed E-state index contributed by atoms with van der Waals surface area (Å²) < 4.78 is 30.4. The topological polar surface area (TPSA) is 79.0 Å². The zero-order chi connectivity index (χ0) is 18.4. The second-order valence-corrected chi connectivity index (χ2v) is 8.34. The summed E-state index contributed by atoms with van der Waals surface area (Å²) in [6.45, 7) is 3.77. The number of rotatable bonds is 7. The Bertz CT molecular complexity index is 709. The summed E-state index contributed by atoms with van der Waals surface area (Å²) in [5.74, 6) is -0.408. The molecule has 0 aliphatic carbocycles. The van der Waals surface area contributed by atoms with Crippen LogP contribution in [0, 0.1) is 0 Å². The third-order valence-corrected chi connectivity index (χ3v) is 5.68. The number of ether oxygens (including phenoxy) is 1. The van der Waals surface area contributed by atoms with E-state index in [0.717, 1.165) is 23.7 Å². The molecule has 0 spiro atoms. The Morgan fingerprint density at radius 3 is 2.64 bits per heavy atom. The van der Waals surface area contributed by atoms with E-state index in [0.29, 0.717) is 26.3 Å². The lowest BCUT2D eigenvalue weighted by molar-refractivity contribution is -0.119. The summed E-state index contributed by atoms with van der Waals surface area (Å²) in [6, 6.07) is 4.64. The molecule has 1 N–H and O–H groups in total. The Kier molecular flexibility index (Phi) is 7.33. The molecule has 0 bridgehead atoms. The van der Waals surface area contributed by atoms with Crippen LogP contribution < -0.4 is 9.62 Å². The van der Waals surface area contributed by atoms with Crippen LogP contribution in [0.15, 0.2) is 18.2 Å². The summed E-state index contributed by atoms with van der Waals surface area (Å²) in [6.07, 6.45) is 1.02. The van der Waals surface area contributed by atoms with Crippen molar-refractivity contribution in [2.24, 2.45) is 0 Å². The van der Waals surface area contributed by atoms with Gasteiger partial charge in [0.2, 0.25) is 15.9 Å². The number of anilines is 1. The number of carbonyl (C=O) groups is 1. The molecule has 10 heteroatoms. The molecule has 1 aliphatic heterocycles. The van der Waals surface area contributed by atoms with E-state index in [1.165, 1.54) is 6.07 Å². The summed E-state index contributed by atoms with van der Waals surface area (Å²) in [5, 5.41) is 3.05. The lowest BCUT2D eigenvalue weighted by atomic mass is 10.3. The fourth-order valence-corrected chi connectivity index (χ4v) is 3.74. The molecule has 1 aliphatic rings. The van der Waals surface area contributed by atoms with E-state index in [1.54, 1.807) is 12.1 Å². The number of nitrogens with one attached hydrogen (secondary N) is 1. The number of hydrogen-bond donors (Lipinski definition) is 1. The second kappa shape index (κ2) is 9.05. The SMILES string of the molecule is CS(=O)(=O)N(CC(=O)NCCN1CCOCC1)c1cccc(Cl)c1Cl. The summed E-state index contributed by atoms with van der Waals surface area (Å²) in [4.78, 5) is 14.3. The monoisotopic (exact) mass is 409 g/mol. The molecule has 0 aromatic heterocycles. The first-order valence-electron chi connectivity index (χ1n) is 7.77. The zero-order valence-electron chi connectivity index (χ0n) is 13.9. The van der Waals surface area contributed by atoms with Crippen molar-refractivity contribution >= 4 is 44.8 Å². The normalized spacial score (nSPS) is 15.8. The van der Waals surface area contributed by atoms with E-state index in [1.807, 2.05) is 0 Å². The van der Waals surface area contributed by atoms with Crippen LogP contribution >= 0.6 is 23.2 Å². The molecule has 1 aromatic carbocycles. The van der Waals surface area contributed by atoms with Gasteiger partial charge in [-0.2, -0.15) is 0 Å². The Hall–Kier alpha value is -1.06. The predicted octanol–water partition coefficient (Wildman–Crippen LogP) is 1.21. The van der Waals surface area contributed by atoms with E-state index in [2.05, 4.69) is 10.2 Å². The zero-order valence-corrected chi connectivity index (χ0v) is 16.2. The number of amides is 1. The molecule has 1 aromatic rings. The number of nitrogens with zero attached hydrogens (tertiary/aromatic N) is 2. The minimum Gasteiger partial charge on any atom is -0.379 e. The minimum absolute atomic E-state index is 0.0932. The molecule has 0 atom stereocenters.